The molecule has 1 aliphatic heterocycles. The second-order valence-corrected chi connectivity index (χ2v) is 5.35. The number of likely N-dealkylation sites (tertiary alicyclic amines) is 1. The van der Waals surface area contributed by atoms with Crippen LogP contribution in [0.2, 0.25) is 0 Å². The first-order valence-electron chi connectivity index (χ1n) is 7.41. The van der Waals surface area contributed by atoms with Crippen molar-refractivity contribution in [2.45, 2.75) is 19.3 Å². The quantitative estimate of drug-likeness (QED) is 0.839. The molecule has 1 heterocycles. The molecular formula is C17H22N2O2. The summed E-state index contributed by atoms with van der Waals surface area (Å²) in [5.41, 5.74) is 1.04. The first-order chi connectivity index (χ1) is 10.2. The van der Waals surface area contributed by atoms with Gasteiger partial charge < -0.3 is 10.2 Å². The normalized spacial score (nSPS) is 15.5. The maximum absolute atomic E-state index is 12.2. The second-order valence-electron chi connectivity index (χ2n) is 5.35. The van der Waals surface area contributed by atoms with Crippen molar-refractivity contribution < 1.29 is 9.59 Å². The Hall–Kier alpha value is -2.10. The zero-order valence-electron chi connectivity index (χ0n) is 12.3. The van der Waals surface area contributed by atoms with Gasteiger partial charge in [0.15, 0.2) is 0 Å². The molecule has 4 heteroatoms. The van der Waals surface area contributed by atoms with Gasteiger partial charge in [0, 0.05) is 25.6 Å². The van der Waals surface area contributed by atoms with Crippen molar-refractivity contribution in [1.82, 2.24) is 10.2 Å². The average Bonchev–Trinajstić information content (AvgIpc) is 2.53. The van der Waals surface area contributed by atoms with E-state index in [0.717, 1.165) is 18.4 Å². The van der Waals surface area contributed by atoms with Crippen molar-refractivity contribution in [2.24, 2.45) is 5.92 Å². The molecule has 1 aromatic rings. The molecule has 0 unspecified atom stereocenters. The van der Waals surface area contributed by atoms with E-state index in [0.29, 0.717) is 26.1 Å². The van der Waals surface area contributed by atoms with E-state index in [2.05, 4.69) is 11.9 Å². The third kappa shape index (κ3) is 4.45. The van der Waals surface area contributed by atoms with Crippen LogP contribution in [0.25, 0.3) is 0 Å². The fourth-order valence-electron chi connectivity index (χ4n) is 2.59. The van der Waals surface area contributed by atoms with Crippen molar-refractivity contribution in [1.29, 1.82) is 0 Å². The number of piperidine rings is 1. The topological polar surface area (TPSA) is 49.4 Å². The number of carbonyl (C=O) groups excluding carboxylic acids is 2. The molecule has 0 radical (unpaired) electrons. The molecular weight excluding hydrogens is 264 g/mol. The van der Waals surface area contributed by atoms with Gasteiger partial charge in [-0.25, -0.2) is 0 Å². The first-order valence-corrected chi connectivity index (χ1v) is 7.41. The highest BCUT2D eigenvalue weighted by Crippen LogP contribution is 2.18. The summed E-state index contributed by atoms with van der Waals surface area (Å²) in [6.07, 6.45) is 3.59. The highest BCUT2D eigenvalue weighted by atomic mass is 16.2. The Morgan fingerprint density at radius 3 is 2.52 bits per heavy atom. The van der Waals surface area contributed by atoms with Crippen LogP contribution in [0.15, 0.2) is 43.0 Å². The van der Waals surface area contributed by atoms with E-state index in [1.807, 2.05) is 35.2 Å². The Kier molecular flexibility index (Phi) is 5.55. The van der Waals surface area contributed by atoms with Crippen molar-refractivity contribution >= 4 is 11.8 Å². The minimum absolute atomic E-state index is 0.0192. The van der Waals surface area contributed by atoms with Crippen LogP contribution in [-0.4, -0.2) is 36.3 Å². The average molecular weight is 286 g/mol. The summed E-state index contributed by atoms with van der Waals surface area (Å²) >= 11 is 0. The molecule has 1 saturated heterocycles. The largest absolute Gasteiger partial charge is 0.352 e. The SMILES string of the molecule is C=CCNC(=O)C1CCN(C(=O)Cc2ccccc2)CC1. The number of benzene rings is 1. The molecule has 112 valence electrons. The zero-order valence-corrected chi connectivity index (χ0v) is 12.3. The number of rotatable bonds is 5. The van der Waals surface area contributed by atoms with Crippen LogP contribution in [0.5, 0.6) is 0 Å². The molecule has 1 aliphatic rings. The van der Waals surface area contributed by atoms with E-state index in [9.17, 15) is 9.59 Å². The van der Waals surface area contributed by atoms with E-state index in [4.69, 9.17) is 0 Å². The molecule has 0 aromatic heterocycles. The molecule has 1 aromatic carbocycles. The molecule has 0 atom stereocenters. The van der Waals surface area contributed by atoms with Gasteiger partial charge in [-0.05, 0) is 18.4 Å². The molecule has 2 amide bonds. The Balaban J connectivity index is 1.79. The standard InChI is InChI=1S/C17H22N2O2/c1-2-10-18-17(21)15-8-11-19(12-9-15)16(20)13-14-6-4-3-5-7-14/h2-7,15H,1,8-13H2,(H,18,21). The van der Waals surface area contributed by atoms with Crippen LogP contribution in [0.3, 0.4) is 0 Å². The first kappa shape index (κ1) is 15.3. The molecule has 2 rings (SSSR count). The van der Waals surface area contributed by atoms with Crippen molar-refractivity contribution in [3.63, 3.8) is 0 Å². The lowest BCUT2D eigenvalue weighted by atomic mass is 9.95. The van der Waals surface area contributed by atoms with Gasteiger partial charge in [0.1, 0.15) is 0 Å². The van der Waals surface area contributed by atoms with Crippen molar-refractivity contribution in [3.8, 4) is 0 Å². The monoisotopic (exact) mass is 286 g/mol. The molecule has 4 nitrogen and oxygen atoms in total. The van der Waals surface area contributed by atoms with Gasteiger partial charge in [0.2, 0.25) is 11.8 Å². The van der Waals surface area contributed by atoms with Gasteiger partial charge in [-0.3, -0.25) is 9.59 Å². The fraction of sp³-hybridized carbons (Fsp3) is 0.412. The molecule has 0 saturated carbocycles. The summed E-state index contributed by atoms with van der Waals surface area (Å²) in [5, 5.41) is 2.83. The number of hydrogen-bond acceptors (Lipinski definition) is 2. The van der Waals surface area contributed by atoms with Gasteiger partial charge in [-0.2, -0.15) is 0 Å². The van der Waals surface area contributed by atoms with Gasteiger partial charge in [0.25, 0.3) is 0 Å². The predicted molar refractivity (Wildman–Crippen MR) is 82.7 cm³/mol. The smallest absolute Gasteiger partial charge is 0.226 e. The van der Waals surface area contributed by atoms with Crippen LogP contribution in [0, 0.1) is 5.92 Å². The van der Waals surface area contributed by atoms with Gasteiger partial charge >= 0.3 is 0 Å². The third-order valence-corrected chi connectivity index (χ3v) is 3.84. The number of hydrogen-bond donors (Lipinski definition) is 1. The molecule has 1 fully saturated rings. The summed E-state index contributed by atoms with van der Waals surface area (Å²) < 4.78 is 0. The summed E-state index contributed by atoms with van der Waals surface area (Å²) in [6, 6.07) is 9.76. The molecule has 0 aliphatic carbocycles. The van der Waals surface area contributed by atoms with E-state index >= 15 is 0 Å². The van der Waals surface area contributed by atoms with Gasteiger partial charge in [0.05, 0.1) is 6.42 Å². The number of nitrogens with one attached hydrogen (secondary N) is 1. The summed E-state index contributed by atoms with van der Waals surface area (Å²) in [6.45, 7) is 5.42. The molecule has 21 heavy (non-hydrogen) atoms. The van der Waals surface area contributed by atoms with Crippen LogP contribution in [0.1, 0.15) is 18.4 Å². The minimum atomic E-state index is 0.0192. The van der Waals surface area contributed by atoms with E-state index in [-0.39, 0.29) is 17.7 Å². The molecule has 0 bridgehead atoms. The summed E-state index contributed by atoms with van der Waals surface area (Å²) in [4.78, 5) is 26.0. The van der Waals surface area contributed by atoms with Crippen LogP contribution >= 0.6 is 0 Å². The zero-order chi connectivity index (χ0) is 15.1. The summed E-state index contributed by atoms with van der Waals surface area (Å²) in [7, 11) is 0. The lowest BCUT2D eigenvalue weighted by Crippen LogP contribution is -2.43. The van der Waals surface area contributed by atoms with Crippen molar-refractivity contribution in [3.05, 3.63) is 48.6 Å². The number of carbonyl (C=O) groups is 2. The minimum Gasteiger partial charge on any atom is -0.352 e. The third-order valence-electron chi connectivity index (χ3n) is 3.84. The molecule has 0 spiro atoms. The highest BCUT2D eigenvalue weighted by molar-refractivity contribution is 5.81. The van der Waals surface area contributed by atoms with E-state index < -0.39 is 0 Å². The Bertz CT molecular complexity index is 491. The Morgan fingerprint density at radius 2 is 1.90 bits per heavy atom. The van der Waals surface area contributed by atoms with Gasteiger partial charge in [-0.15, -0.1) is 6.58 Å². The van der Waals surface area contributed by atoms with Gasteiger partial charge in [-0.1, -0.05) is 36.4 Å². The van der Waals surface area contributed by atoms with Crippen LogP contribution in [-0.2, 0) is 16.0 Å². The Morgan fingerprint density at radius 1 is 1.24 bits per heavy atom. The maximum Gasteiger partial charge on any atom is 0.226 e. The summed E-state index contributed by atoms with van der Waals surface area (Å²) in [5.74, 6) is 0.238. The van der Waals surface area contributed by atoms with Crippen LogP contribution < -0.4 is 5.32 Å². The predicted octanol–water partition coefficient (Wildman–Crippen LogP) is 1.77. The maximum atomic E-state index is 12.2. The molecule has 1 N–H and O–H groups in total. The van der Waals surface area contributed by atoms with E-state index in [1.165, 1.54) is 0 Å². The van der Waals surface area contributed by atoms with E-state index in [1.54, 1.807) is 6.08 Å². The second kappa shape index (κ2) is 7.62. The fourth-order valence-corrected chi connectivity index (χ4v) is 2.59. The number of amides is 2. The highest BCUT2D eigenvalue weighted by Gasteiger charge is 2.26. The number of nitrogens with zero attached hydrogens (tertiary/aromatic N) is 1. The lowest BCUT2D eigenvalue weighted by Gasteiger charge is -2.31. The lowest BCUT2D eigenvalue weighted by molar-refractivity contribution is -0.135. The van der Waals surface area contributed by atoms with Crippen LogP contribution in [0.4, 0.5) is 0 Å². The Labute approximate surface area is 125 Å². The van der Waals surface area contributed by atoms with Crippen molar-refractivity contribution in [2.75, 3.05) is 19.6 Å².